The van der Waals surface area contributed by atoms with Crippen LogP contribution < -0.4 is 0 Å². The second kappa shape index (κ2) is 7.81. The minimum Gasteiger partial charge on any atom is -0.506 e. The molecule has 8 heteroatoms. The van der Waals surface area contributed by atoms with Crippen molar-refractivity contribution in [1.82, 2.24) is 0 Å². The lowest BCUT2D eigenvalue weighted by atomic mass is 9.67. The molecule has 0 radical (unpaired) electrons. The van der Waals surface area contributed by atoms with E-state index in [1.54, 1.807) is 24.3 Å². The lowest BCUT2D eigenvalue weighted by molar-refractivity contribution is -0.141. The molecule has 0 aromatic heterocycles. The average Bonchev–Trinajstić information content (AvgIpc) is 2.55. The van der Waals surface area contributed by atoms with Crippen molar-refractivity contribution in [2.75, 3.05) is 0 Å². The van der Waals surface area contributed by atoms with Gasteiger partial charge in [0.1, 0.15) is 17.3 Å². The van der Waals surface area contributed by atoms with Gasteiger partial charge in [-0.05, 0) is 67.1 Å². The van der Waals surface area contributed by atoms with Crippen LogP contribution in [0.2, 0.25) is 5.02 Å². The molecule has 0 amide bonds. The summed E-state index contributed by atoms with van der Waals surface area (Å²) in [5, 5.41) is 30.1. The molecule has 0 unspecified atom stereocenters. The van der Waals surface area contributed by atoms with Crippen molar-refractivity contribution >= 4 is 55.2 Å². The Balaban J connectivity index is 1.98. The Labute approximate surface area is 177 Å². The zero-order chi connectivity index (χ0) is 19.9. The van der Waals surface area contributed by atoms with Crippen LogP contribution in [-0.4, -0.2) is 27.1 Å². The first kappa shape index (κ1) is 20.2. The summed E-state index contributed by atoms with van der Waals surface area (Å²) in [6.07, 6.45) is 0.354. The molecular weight excluding hydrogens is 503 g/mol. The molecule has 0 heterocycles. The highest BCUT2D eigenvalue weighted by Gasteiger charge is 2.42. The maximum Gasteiger partial charge on any atom is 0.303 e. The zero-order valence-electron chi connectivity index (χ0n) is 13.9. The lowest BCUT2D eigenvalue weighted by Gasteiger charge is -2.34. The molecule has 0 saturated heterocycles. The van der Waals surface area contributed by atoms with Crippen molar-refractivity contribution in [1.29, 1.82) is 0 Å². The second-order valence-electron chi connectivity index (χ2n) is 6.59. The number of aromatic hydroxyl groups is 2. The normalized spacial score (nSPS) is 19.0. The van der Waals surface area contributed by atoms with Crippen molar-refractivity contribution < 1.29 is 24.9 Å². The number of ketones is 1. The van der Waals surface area contributed by atoms with Gasteiger partial charge in [0.25, 0.3) is 0 Å². The summed E-state index contributed by atoms with van der Waals surface area (Å²) in [4.78, 5) is 23.1. The number of hydrogen-bond acceptors (Lipinski definition) is 4. The second-order valence-corrected chi connectivity index (χ2v) is 8.73. The third kappa shape index (κ3) is 4.15. The van der Waals surface area contributed by atoms with Gasteiger partial charge >= 0.3 is 5.97 Å². The van der Waals surface area contributed by atoms with Gasteiger partial charge in [0, 0.05) is 35.8 Å². The van der Waals surface area contributed by atoms with Gasteiger partial charge in [0.2, 0.25) is 0 Å². The number of benzene rings is 2. The molecule has 2 atom stereocenters. The summed E-state index contributed by atoms with van der Waals surface area (Å²) in [6, 6.07) is 6.49. The van der Waals surface area contributed by atoms with Crippen LogP contribution in [-0.2, 0) is 16.0 Å². The summed E-state index contributed by atoms with van der Waals surface area (Å²) in [6.45, 7) is 0. The minimum absolute atomic E-state index is 0.00388. The van der Waals surface area contributed by atoms with E-state index in [1.807, 2.05) is 0 Å². The van der Waals surface area contributed by atoms with E-state index in [2.05, 4.69) is 31.9 Å². The number of carboxylic acid groups (broad SMARTS) is 1. The Morgan fingerprint density at radius 2 is 1.67 bits per heavy atom. The molecule has 1 fully saturated rings. The molecule has 1 aliphatic carbocycles. The van der Waals surface area contributed by atoms with Gasteiger partial charge in [-0.15, -0.1) is 0 Å². The highest BCUT2D eigenvalue weighted by molar-refractivity contribution is 9.10. The Morgan fingerprint density at radius 3 is 2.26 bits per heavy atom. The fourth-order valence-corrected chi connectivity index (χ4v) is 4.82. The standard InChI is InChI=1S/C19H15Br2ClO5/c20-13-4-8(17-9(5-15(17)23)6-16(24)25)1-10(18(13)26)2-11-3-12(22)7-14(21)19(11)27/h1,3-4,7,9,17,26-27H,2,5-6H2,(H,24,25)/t9-,17-/m0/s1. The van der Waals surface area contributed by atoms with Gasteiger partial charge in [-0.1, -0.05) is 17.7 Å². The number of hydrogen-bond donors (Lipinski definition) is 3. The first-order valence-corrected chi connectivity index (χ1v) is 10.1. The Hall–Kier alpha value is -1.57. The molecule has 0 bridgehead atoms. The predicted molar refractivity (Wildman–Crippen MR) is 108 cm³/mol. The number of carboxylic acids is 1. The number of halogens is 3. The van der Waals surface area contributed by atoms with Gasteiger partial charge in [-0.3, -0.25) is 9.59 Å². The van der Waals surface area contributed by atoms with Gasteiger partial charge in [-0.25, -0.2) is 0 Å². The number of Topliss-reactive ketones (excluding diaryl/α,β-unsaturated/α-hetero) is 1. The smallest absolute Gasteiger partial charge is 0.303 e. The molecule has 1 saturated carbocycles. The molecular formula is C19H15Br2ClO5. The van der Waals surface area contributed by atoms with Crippen LogP contribution in [0.15, 0.2) is 33.2 Å². The van der Waals surface area contributed by atoms with Crippen LogP contribution in [0.3, 0.4) is 0 Å². The molecule has 0 spiro atoms. The van der Waals surface area contributed by atoms with Crippen LogP contribution >= 0.6 is 43.5 Å². The monoisotopic (exact) mass is 516 g/mol. The Kier molecular flexibility index (Phi) is 5.84. The summed E-state index contributed by atoms with van der Waals surface area (Å²) >= 11 is 12.6. The summed E-state index contributed by atoms with van der Waals surface area (Å²) in [5.41, 5.74) is 1.66. The van der Waals surface area contributed by atoms with E-state index in [1.165, 1.54) is 0 Å². The van der Waals surface area contributed by atoms with Crippen LogP contribution in [0.1, 0.15) is 35.4 Å². The number of rotatable bonds is 5. The average molecular weight is 519 g/mol. The van der Waals surface area contributed by atoms with Crippen molar-refractivity contribution in [2.24, 2.45) is 5.92 Å². The van der Waals surface area contributed by atoms with Crippen LogP contribution in [0.25, 0.3) is 0 Å². The zero-order valence-corrected chi connectivity index (χ0v) is 17.8. The van der Waals surface area contributed by atoms with E-state index in [4.69, 9.17) is 16.7 Å². The van der Waals surface area contributed by atoms with Gasteiger partial charge < -0.3 is 15.3 Å². The molecule has 142 valence electrons. The number of carbonyl (C=O) groups is 2. The topological polar surface area (TPSA) is 94.8 Å². The Morgan fingerprint density at radius 1 is 1.07 bits per heavy atom. The summed E-state index contributed by atoms with van der Waals surface area (Å²) in [7, 11) is 0. The largest absolute Gasteiger partial charge is 0.506 e. The third-order valence-electron chi connectivity index (χ3n) is 4.73. The molecule has 2 aromatic rings. The van der Waals surface area contributed by atoms with Crippen molar-refractivity contribution in [3.8, 4) is 11.5 Å². The first-order valence-electron chi connectivity index (χ1n) is 8.10. The molecule has 1 aliphatic rings. The molecule has 3 N–H and O–H groups in total. The number of aliphatic carboxylic acids is 1. The van der Waals surface area contributed by atoms with E-state index in [0.29, 0.717) is 30.7 Å². The van der Waals surface area contributed by atoms with Crippen LogP contribution in [0.5, 0.6) is 11.5 Å². The minimum atomic E-state index is -0.940. The maximum absolute atomic E-state index is 12.1. The lowest BCUT2D eigenvalue weighted by Crippen LogP contribution is -2.36. The number of phenolic OH excluding ortho intramolecular Hbond substituents is 2. The quantitative estimate of drug-likeness (QED) is 0.517. The molecule has 27 heavy (non-hydrogen) atoms. The molecule has 2 aromatic carbocycles. The van der Waals surface area contributed by atoms with Crippen molar-refractivity contribution in [3.63, 3.8) is 0 Å². The third-order valence-corrected chi connectivity index (χ3v) is 6.16. The highest BCUT2D eigenvalue weighted by atomic mass is 79.9. The fraction of sp³-hybridized carbons (Fsp3) is 0.263. The van der Waals surface area contributed by atoms with E-state index in [0.717, 1.165) is 0 Å². The highest BCUT2D eigenvalue weighted by Crippen LogP contribution is 2.45. The van der Waals surface area contributed by atoms with Crippen LogP contribution in [0, 0.1) is 5.92 Å². The van der Waals surface area contributed by atoms with Gasteiger partial charge in [-0.2, -0.15) is 0 Å². The fourth-order valence-electron chi connectivity index (χ4n) is 3.43. The summed E-state index contributed by atoms with van der Waals surface area (Å²) < 4.78 is 0.847. The van der Waals surface area contributed by atoms with Crippen molar-refractivity contribution in [2.45, 2.75) is 25.2 Å². The molecule has 5 nitrogen and oxygen atoms in total. The van der Waals surface area contributed by atoms with Crippen molar-refractivity contribution in [3.05, 3.63) is 54.9 Å². The van der Waals surface area contributed by atoms with E-state index in [9.17, 15) is 19.8 Å². The van der Waals surface area contributed by atoms with E-state index < -0.39 is 11.9 Å². The van der Waals surface area contributed by atoms with Crippen LogP contribution in [0.4, 0.5) is 0 Å². The number of carbonyl (C=O) groups excluding carboxylic acids is 1. The first-order chi connectivity index (χ1) is 12.7. The van der Waals surface area contributed by atoms with Gasteiger partial charge in [0.15, 0.2) is 0 Å². The molecule has 3 rings (SSSR count). The maximum atomic E-state index is 12.1. The van der Waals surface area contributed by atoms with E-state index >= 15 is 0 Å². The predicted octanol–water partition coefficient (Wildman–Crippen LogP) is 5.01. The summed E-state index contributed by atoms with van der Waals surface area (Å²) in [5.74, 6) is -1.70. The van der Waals surface area contributed by atoms with E-state index in [-0.39, 0.29) is 42.5 Å². The Bertz CT molecular complexity index is 944. The van der Waals surface area contributed by atoms with Gasteiger partial charge in [0.05, 0.1) is 8.95 Å². The number of phenols is 2. The molecule has 0 aliphatic heterocycles. The SMILES string of the molecule is O=C(O)C[C@@H]1CC(=O)[C@H]1c1cc(Br)c(O)c(Cc2cc(Cl)cc(Br)c2O)c1.